The van der Waals surface area contributed by atoms with E-state index in [1.165, 1.54) is 11.8 Å². The van der Waals surface area contributed by atoms with E-state index in [9.17, 15) is 9.59 Å². The normalized spacial score (nSPS) is 19.8. The highest BCUT2D eigenvalue weighted by Gasteiger charge is 2.32. The minimum Gasteiger partial charge on any atom is -0.326 e. The molecule has 1 fully saturated rings. The summed E-state index contributed by atoms with van der Waals surface area (Å²) in [5.74, 6) is -0.412. The Kier molecular flexibility index (Phi) is 5.37. The van der Waals surface area contributed by atoms with Crippen LogP contribution < -0.4 is 10.6 Å². The number of thioether (sulfide) groups is 1. The monoisotopic (exact) mass is 353 g/mol. The lowest BCUT2D eigenvalue weighted by atomic mass is 10.1. The Hall–Kier alpha value is -1.53. The molecule has 1 heterocycles. The molecule has 5 nitrogen and oxygen atoms in total. The number of hydrogen-bond donors (Lipinski definition) is 2. The van der Waals surface area contributed by atoms with Gasteiger partial charge in [0, 0.05) is 17.1 Å². The van der Waals surface area contributed by atoms with Gasteiger partial charge in [-0.1, -0.05) is 29.4 Å². The number of rotatable bonds is 3. The Bertz CT molecular complexity index is 668. The molecule has 1 saturated heterocycles. The molecule has 0 saturated carbocycles. The number of hydrogen-bond acceptors (Lipinski definition) is 4. The molecule has 0 aromatic heterocycles. The number of carbonyl (C=O) groups excluding carboxylic acids is 2. The molecular formula is C16H20ClN3O2S. The van der Waals surface area contributed by atoms with E-state index in [2.05, 4.69) is 15.6 Å². The summed E-state index contributed by atoms with van der Waals surface area (Å²) in [4.78, 5) is 28.5. The first-order valence-corrected chi connectivity index (χ1v) is 8.53. The number of carbonyl (C=O) groups is 2. The number of nitrogens with zero attached hydrogens (tertiary/aromatic N) is 1. The minimum absolute atomic E-state index is 0.0885. The van der Waals surface area contributed by atoms with Crippen molar-refractivity contribution >= 4 is 46.0 Å². The maximum absolute atomic E-state index is 12.1. The third-order valence-corrected chi connectivity index (χ3v) is 4.53. The highest BCUT2D eigenvalue weighted by molar-refractivity contribution is 8.15. The van der Waals surface area contributed by atoms with Gasteiger partial charge in [-0.2, -0.15) is 0 Å². The van der Waals surface area contributed by atoms with Gasteiger partial charge in [0.25, 0.3) is 0 Å². The van der Waals surface area contributed by atoms with E-state index in [4.69, 9.17) is 11.6 Å². The van der Waals surface area contributed by atoms with E-state index in [1.54, 1.807) is 12.1 Å². The second kappa shape index (κ2) is 6.93. The van der Waals surface area contributed by atoms with E-state index in [1.807, 2.05) is 33.8 Å². The van der Waals surface area contributed by atoms with Gasteiger partial charge in [-0.25, -0.2) is 0 Å². The first-order valence-electron chi connectivity index (χ1n) is 7.27. The maximum atomic E-state index is 12.1. The third-order valence-electron chi connectivity index (χ3n) is 3.04. The summed E-state index contributed by atoms with van der Waals surface area (Å²) in [6.07, 6.45) is 0.0885. The van der Waals surface area contributed by atoms with Crippen LogP contribution in [0.3, 0.4) is 0 Å². The predicted octanol–water partition coefficient (Wildman–Crippen LogP) is 3.36. The van der Waals surface area contributed by atoms with Crippen LogP contribution in [0.15, 0.2) is 23.2 Å². The number of aliphatic imine (C=N–C) groups is 1. The van der Waals surface area contributed by atoms with Crippen molar-refractivity contribution in [2.75, 3.05) is 5.32 Å². The van der Waals surface area contributed by atoms with Gasteiger partial charge in [0.05, 0.1) is 5.54 Å². The Morgan fingerprint density at radius 1 is 1.43 bits per heavy atom. The predicted molar refractivity (Wildman–Crippen MR) is 96.1 cm³/mol. The molecule has 1 atom stereocenters. The van der Waals surface area contributed by atoms with Crippen LogP contribution in [0, 0.1) is 6.92 Å². The average Bonchev–Trinajstić information content (AvgIpc) is 2.71. The van der Waals surface area contributed by atoms with Gasteiger partial charge in [0.15, 0.2) is 5.17 Å². The molecule has 2 amide bonds. The first kappa shape index (κ1) is 17.8. The second-order valence-corrected chi connectivity index (χ2v) is 8.00. The van der Waals surface area contributed by atoms with E-state index in [0.29, 0.717) is 15.9 Å². The number of nitrogens with one attached hydrogen (secondary N) is 2. The number of halogens is 1. The van der Waals surface area contributed by atoms with Gasteiger partial charge in [-0.3, -0.25) is 14.6 Å². The zero-order chi connectivity index (χ0) is 17.2. The van der Waals surface area contributed by atoms with Gasteiger partial charge >= 0.3 is 0 Å². The topological polar surface area (TPSA) is 70.6 Å². The van der Waals surface area contributed by atoms with Crippen LogP contribution in [-0.4, -0.2) is 27.8 Å². The van der Waals surface area contributed by atoms with Gasteiger partial charge in [0.1, 0.15) is 5.25 Å². The molecule has 0 spiro atoms. The molecular weight excluding hydrogens is 334 g/mol. The fourth-order valence-corrected chi connectivity index (χ4v) is 3.28. The van der Waals surface area contributed by atoms with Crippen LogP contribution >= 0.6 is 23.4 Å². The molecule has 124 valence electrons. The van der Waals surface area contributed by atoms with Crippen LogP contribution in [0.4, 0.5) is 5.69 Å². The van der Waals surface area contributed by atoms with Gasteiger partial charge in [0.2, 0.25) is 11.8 Å². The summed E-state index contributed by atoms with van der Waals surface area (Å²) >= 11 is 7.33. The van der Waals surface area contributed by atoms with Crippen LogP contribution in [-0.2, 0) is 9.59 Å². The molecule has 1 aromatic rings. The van der Waals surface area contributed by atoms with E-state index >= 15 is 0 Å². The molecule has 1 aliphatic rings. The Morgan fingerprint density at radius 3 is 2.74 bits per heavy atom. The van der Waals surface area contributed by atoms with Crippen LogP contribution in [0.2, 0.25) is 5.02 Å². The lowest BCUT2D eigenvalue weighted by Gasteiger charge is -2.12. The SMILES string of the molecule is Cc1ccc(NC(=O)C[C@H]2SC(=NC(C)(C)C)NC2=O)cc1Cl. The Balaban J connectivity index is 1.96. The fraction of sp³-hybridized carbons (Fsp3) is 0.438. The van der Waals surface area contributed by atoms with Crippen molar-refractivity contribution in [3.8, 4) is 0 Å². The number of benzene rings is 1. The number of anilines is 1. The Labute approximate surface area is 145 Å². The highest BCUT2D eigenvalue weighted by Crippen LogP contribution is 2.25. The molecule has 0 bridgehead atoms. The van der Waals surface area contributed by atoms with Crippen molar-refractivity contribution in [1.29, 1.82) is 0 Å². The lowest BCUT2D eigenvalue weighted by molar-refractivity contribution is -0.122. The van der Waals surface area contributed by atoms with Crippen molar-refractivity contribution < 1.29 is 9.59 Å². The van der Waals surface area contributed by atoms with Crippen molar-refractivity contribution in [3.63, 3.8) is 0 Å². The summed E-state index contributed by atoms with van der Waals surface area (Å²) in [6, 6.07) is 5.32. The van der Waals surface area contributed by atoms with Crippen molar-refractivity contribution in [2.45, 2.75) is 44.9 Å². The standard InChI is InChI=1S/C16H20ClN3O2S/c1-9-5-6-10(7-11(9)17)18-13(21)8-12-14(22)19-15(23-12)20-16(2,3)4/h5-7,12H,8H2,1-4H3,(H,18,21)(H,19,20,22)/t12-/m1/s1. The van der Waals surface area contributed by atoms with E-state index < -0.39 is 5.25 Å². The summed E-state index contributed by atoms with van der Waals surface area (Å²) < 4.78 is 0. The third kappa shape index (κ3) is 5.25. The number of aryl methyl sites for hydroxylation is 1. The zero-order valence-corrected chi connectivity index (χ0v) is 15.1. The van der Waals surface area contributed by atoms with E-state index in [0.717, 1.165) is 5.56 Å². The van der Waals surface area contributed by atoms with Crippen LogP contribution in [0.5, 0.6) is 0 Å². The molecule has 7 heteroatoms. The molecule has 2 N–H and O–H groups in total. The van der Waals surface area contributed by atoms with Gasteiger partial charge < -0.3 is 10.6 Å². The summed E-state index contributed by atoms with van der Waals surface area (Å²) in [7, 11) is 0. The largest absolute Gasteiger partial charge is 0.326 e. The van der Waals surface area contributed by atoms with Crippen molar-refractivity contribution in [1.82, 2.24) is 5.32 Å². The quantitative estimate of drug-likeness (QED) is 0.875. The molecule has 0 unspecified atom stereocenters. The molecule has 0 radical (unpaired) electrons. The van der Waals surface area contributed by atoms with Gasteiger partial charge in [-0.05, 0) is 45.4 Å². The smallest absolute Gasteiger partial charge is 0.240 e. The first-order chi connectivity index (χ1) is 10.6. The van der Waals surface area contributed by atoms with Crippen molar-refractivity contribution in [3.05, 3.63) is 28.8 Å². The average molecular weight is 354 g/mol. The summed E-state index contributed by atoms with van der Waals surface area (Å²) in [6.45, 7) is 7.75. The minimum atomic E-state index is -0.461. The van der Waals surface area contributed by atoms with Crippen molar-refractivity contribution in [2.24, 2.45) is 4.99 Å². The highest BCUT2D eigenvalue weighted by atomic mass is 35.5. The summed E-state index contributed by atoms with van der Waals surface area (Å²) in [5, 5.41) is 6.18. The Morgan fingerprint density at radius 2 is 2.13 bits per heavy atom. The fourth-order valence-electron chi connectivity index (χ4n) is 1.95. The molecule has 23 heavy (non-hydrogen) atoms. The number of amides is 2. The maximum Gasteiger partial charge on any atom is 0.240 e. The molecule has 1 aliphatic heterocycles. The van der Waals surface area contributed by atoms with Gasteiger partial charge in [-0.15, -0.1) is 0 Å². The lowest BCUT2D eigenvalue weighted by Crippen LogP contribution is -2.28. The molecule has 2 rings (SSSR count). The summed E-state index contributed by atoms with van der Waals surface area (Å²) in [5.41, 5.74) is 1.29. The molecule has 0 aliphatic carbocycles. The molecule has 1 aromatic carbocycles. The number of amidine groups is 1. The second-order valence-electron chi connectivity index (χ2n) is 6.40. The van der Waals surface area contributed by atoms with Crippen LogP contribution in [0.1, 0.15) is 32.8 Å². The van der Waals surface area contributed by atoms with Crippen LogP contribution in [0.25, 0.3) is 0 Å². The van der Waals surface area contributed by atoms with E-state index in [-0.39, 0.29) is 23.8 Å². The zero-order valence-electron chi connectivity index (χ0n) is 13.6.